The predicted octanol–water partition coefficient (Wildman–Crippen LogP) is 3.81. The van der Waals surface area contributed by atoms with Crippen LogP contribution in [0, 0.1) is 5.82 Å². The molecule has 1 aromatic heterocycles. The molecule has 0 saturated carbocycles. The largest absolute Gasteiger partial charge is 0.598 e. The van der Waals surface area contributed by atoms with E-state index in [9.17, 15) is 36.0 Å². The number of hydrogen-bond acceptors (Lipinski definition) is 4. The molecule has 0 aliphatic heterocycles. The second kappa shape index (κ2) is 7.46. The van der Waals surface area contributed by atoms with Gasteiger partial charge in [-0.25, -0.2) is 18.2 Å². The van der Waals surface area contributed by atoms with Gasteiger partial charge in [0.2, 0.25) is 6.10 Å². The Morgan fingerprint density at radius 1 is 1.15 bits per heavy atom. The molecule has 0 aliphatic rings. The highest BCUT2D eigenvalue weighted by molar-refractivity contribution is 9.10. The summed E-state index contributed by atoms with van der Waals surface area (Å²) in [6, 6.07) is 1.76. The van der Waals surface area contributed by atoms with Crippen molar-refractivity contribution >= 4 is 27.3 Å². The summed E-state index contributed by atoms with van der Waals surface area (Å²) in [7, 11) is 0. The van der Waals surface area contributed by atoms with Crippen molar-refractivity contribution < 1.29 is 36.0 Å². The Hall–Kier alpha value is -0.560. The molecule has 0 radical (unpaired) electrons. The number of aliphatic hydroxyl groups is 1. The van der Waals surface area contributed by atoms with Crippen LogP contribution in [0.2, 0.25) is 0 Å². The number of pyridine rings is 1. The predicted molar refractivity (Wildman–Crippen MR) is 87.3 cm³/mol. The first-order valence-corrected chi connectivity index (χ1v) is 9.03. The van der Waals surface area contributed by atoms with Crippen molar-refractivity contribution in [3.63, 3.8) is 0 Å². The lowest BCUT2D eigenvalue weighted by Crippen LogP contribution is -2.65. The van der Waals surface area contributed by atoms with E-state index in [4.69, 9.17) is 0 Å². The third-order valence-corrected chi connectivity index (χ3v) is 5.61. The highest BCUT2D eigenvalue weighted by Gasteiger charge is 2.68. The van der Waals surface area contributed by atoms with Crippen LogP contribution in [-0.2, 0) is 16.9 Å². The molecule has 1 unspecified atom stereocenters. The zero-order valence-electron chi connectivity index (χ0n) is 14.1. The molecule has 0 aromatic carbocycles. The molecule has 26 heavy (non-hydrogen) atoms. The molecule has 1 aromatic rings. The first-order valence-electron chi connectivity index (χ1n) is 7.09. The Kier molecular flexibility index (Phi) is 6.73. The van der Waals surface area contributed by atoms with E-state index >= 15 is 0 Å². The van der Waals surface area contributed by atoms with Crippen molar-refractivity contribution in [1.29, 1.82) is 0 Å². The summed E-state index contributed by atoms with van der Waals surface area (Å²) in [5, 5.41) is 9.21. The number of nitrogens with zero attached hydrogens (tertiary/aromatic N) is 1. The van der Waals surface area contributed by atoms with Crippen LogP contribution in [0.15, 0.2) is 16.7 Å². The van der Waals surface area contributed by atoms with Gasteiger partial charge in [-0.1, -0.05) is 0 Å². The number of hydrogen-bond donors (Lipinski definition) is 2. The van der Waals surface area contributed by atoms with E-state index in [1.54, 1.807) is 0 Å². The number of rotatable bonds is 5. The monoisotopic (exact) mass is 470 g/mol. The highest BCUT2D eigenvalue weighted by Crippen LogP contribution is 2.46. The maximum atomic E-state index is 14.7. The van der Waals surface area contributed by atoms with E-state index in [1.807, 2.05) is 4.72 Å². The van der Waals surface area contributed by atoms with Gasteiger partial charge in [0, 0.05) is 11.4 Å². The SMILES string of the molecule is CC(C)(C)[S@@+]([O-])NC(C)(c1nc(Br)ccc1F)C(F)(F)[C@H](O)C(F)(F)F. The van der Waals surface area contributed by atoms with E-state index in [-0.39, 0.29) is 4.60 Å². The van der Waals surface area contributed by atoms with Crippen LogP contribution in [0.5, 0.6) is 0 Å². The van der Waals surface area contributed by atoms with Crippen molar-refractivity contribution in [3.05, 3.63) is 28.2 Å². The highest BCUT2D eigenvalue weighted by atomic mass is 79.9. The van der Waals surface area contributed by atoms with Gasteiger partial charge in [0.15, 0.2) is 5.54 Å². The van der Waals surface area contributed by atoms with Gasteiger partial charge in [0.25, 0.3) is 0 Å². The Morgan fingerprint density at radius 2 is 1.65 bits per heavy atom. The molecule has 0 aliphatic carbocycles. The number of halogens is 7. The van der Waals surface area contributed by atoms with Gasteiger partial charge in [-0.15, -0.1) is 4.72 Å². The van der Waals surface area contributed by atoms with Crippen molar-refractivity contribution in [3.8, 4) is 0 Å². The quantitative estimate of drug-likeness (QED) is 0.390. The fraction of sp³-hybridized carbons (Fsp3) is 0.643. The van der Waals surface area contributed by atoms with Crippen LogP contribution in [-0.4, -0.2) is 37.6 Å². The minimum Gasteiger partial charge on any atom is -0.598 e. The minimum absolute atomic E-state index is 0.138. The average molecular weight is 471 g/mol. The minimum atomic E-state index is -5.71. The van der Waals surface area contributed by atoms with Gasteiger partial charge in [-0.2, -0.15) is 13.2 Å². The van der Waals surface area contributed by atoms with Gasteiger partial charge < -0.3 is 9.66 Å². The number of aromatic nitrogens is 1. The van der Waals surface area contributed by atoms with Crippen LogP contribution in [0.1, 0.15) is 33.4 Å². The van der Waals surface area contributed by atoms with Crippen LogP contribution in [0.4, 0.5) is 26.3 Å². The first-order chi connectivity index (χ1) is 11.4. The van der Waals surface area contributed by atoms with Gasteiger partial charge in [-0.05, 0) is 55.8 Å². The summed E-state index contributed by atoms with van der Waals surface area (Å²) in [6.07, 6.45) is -9.86. The fourth-order valence-electron chi connectivity index (χ4n) is 1.86. The van der Waals surface area contributed by atoms with Crippen LogP contribution in [0.25, 0.3) is 0 Å². The maximum absolute atomic E-state index is 14.7. The van der Waals surface area contributed by atoms with Crippen LogP contribution >= 0.6 is 15.9 Å². The summed E-state index contributed by atoms with van der Waals surface area (Å²) < 4.78 is 94.8. The molecule has 0 saturated heterocycles. The molecule has 4 nitrogen and oxygen atoms in total. The molecule has 150 valence electrons. The summed E-state index contributed by atoms with van der Waals surface area (Å²) in [4.78, 5) is 3.50. The summed E-state index contributed by atoms with van der Waals surface area (Å²) in [5.74, 6) is -6.37. The van der Waals surface area contributed by atoms with Crippen molar-refractivity contribution in [2.45, 2.75) is 56.2 Å². The molecule has 0 fully saturated rings. The second-order valence-electron chi connectivity index (χ2n) is 6.64. The Balaban J connectivity index is 3.64. The Bertz CT molecular complexity index is 655. The Morgan fingerprint density at radius 3 is 2.08 bits per heavy atom. The van der Waals surface area contributed by atoms with Gasteiger partial charge in [0.05, 0.1) is 0 Å². The van der Waals surface area contributed by atoms with Gasteiger partial charge in [-0.3, -0.25) is 0 Å². The van der Waals surface area contributed by atoms with Crippen LogP contribution in [0.3, 0.4) is 0 Å². The van der Waals surface area contributed by atoms with Crippen LogP contribution < -0.4 is 4.72 Å². The van der Waals surface area contributed by atoms with Gasteiger partial charge in [0.1, 0.15) is 20.9 Å². The smallest absolute Gasteiger partial charge is 0.420 e. The van der Waals surface area contributed by atoms with Crippen molar-refractivity contribution in [1.82, 2.24) is 9.71 Å². The van der Waals surface area contributed by atoms with E-state index in [0.29, 0.717) is 13.0 Å². The molecule has 1 rings (SSSR count). The molecule has 0 amide bonds. The average Bonchev–Trinajstić information content (AvgIpc) is 2.46. The summed E-state index contributed by atoms with van der Waals surface area (Å²) in [6.45, 7) is 4.63. The molecule has 2 N–H and O–H groups in total. The standard InChI is InChI=1S/C14H17BrF6N2O2S/c1-11(2,3)26(25)23-12(4,9-7(16)5-6-8(15)22-9)13(17,18)10(24)14(19,20)21/h5-6,10,23-24H,1-4H3/t10-,12?,26+/m0/s1. The van der Waals surface area contributed by atoms with E-state index in [1.165, 1.54) is 20.8 Å². The lowest BCUT2D eigenvalue weighted by molar-refractivity contribution is -0.288. The lowest BCUT2D eigenvalue weighted by Gasteiger charge is -2.41. The number of alkyl halides is 5. The van der Waals surface area contributed by atoms with Gasteiger partial charge >= 0.3 is 12.1 Å². The van der Waals surface area contributed by atoms with E-state index in [0.717, 1.165) is 6.07 Å². The first kappa shape index (κ1) is 23.5. The summed E-state index contributed by atoms with van der Waals surface area (Å²) >= 11 is 0.484. The molecule has 1 heterocycles. The van der Waals surface area contributed by atoms with Crippen molar-refractivity contribution in [2.24, 2.45) is 0 Å². The molecule has 0 spiro atoms. The van der Waals surface area contributed by atoms with Crippen molar-refractivity contribution in [2.75, 3.05) is 0 Å². The number of aliphatic hydroxyl groups excluding tert-OH is 1. The zero-order chi connectivity index (χ0) is 20.7. The summed E-state index contributed by atoms with van der Waals surface area (Å²) in [5.41, 5.74) is -4.37. The second-order valence-corrected chi connectivity index (χ2v) is 9.42. The molecular formula is C14H17BrF6N2O2S. The molecule has 0 bridgehead atoms. The molecule has 12 heteroatoms. The third-order valence-electron chi connectivity index (χ3n) is 3.46. The van der Waals surface area contributed by atoms with E-state index < -0.39 is 51.4 Å². The topological polar surface area (TPSA) is 68.2 Å². The number of nitrogens with one attached hydrogen (secondary N) is 1. The molecule has 3 atom stereocenters. The molecular weight excluding hydrogens is 454 g/mol. The van der Waals surface area contributed by atoms with E-state index in [2.05, 4.69) is 20.9 Å². The normalized spacial score (nSPS) is 18.3. The third kappa shape index (κ3) is 4.64. The lowest BCUT2D eigenvalue weighted by atomic mass is 9.86. The maximum Gasteiger partial charge on any atom is 0.420 e. The zero-order valence-corrected chi connectivity index (χ0v) is 16.5. The Labute approximate surface area is 157 Å². The fourth-order valence-corrected chi connectivity index (χ4v) is 3.08.